The van der Waals surface area contributed by atoms with Crippen molar-refractivity contribution in [3.05, 3.63) is 24.3 Å². The van der Waals surface area contributed by atoms with E-state index in [1.807, 2.05) is 0 Å². The molecule has 0 spiro atoms. The lowest BCUT2D eigenvalue weighted by molar-refractivity contribution is -0.139. The van der Waals surface area contributed by atoms with Crippen LogP contribution in [0.3, 0.4) is 0 Å². The summed E-state index contributed by atoms with van der Waals surface area (Å²) in [5.74, 6) is -4.20. The molecule has 0 radical (unpaired) electrons. The number of amides is 7. The minimum Gasteiger partial charge on any atom is -0.481 e. The summed E-state index contributed by atoms with van der Waals surface area (Å²) in [7, 11) is 0. The van der Waals surface area contributed by atoms with E-state index < -0.39 is 47.5 Å². The number of carboxylic acid groups (broad SMARTS) is 1. The van der Waals surface area contributed by atoms with Crippen molar-refractivity contribution in [3.8, 4) is 0 Å². The van der Waals surface area contributed by atoms with Crippen LogP contribution >= 0.6 is 0 Å². The molecular formula is C31H45N5O13. The molecule has 1 unspecified atom stereocenters. The van der Waals surface area contributed by atoms with Crippen LogP contribution in [0, 0.1) is 0 Å². The molecule has 0 aromatic heterocycles. The average molecular weight is 696 g/mol. The highest BCUT2D eigenvalue weighted by Crippen LogP contribution is 2.07. The van der Waals surface area contributed by atoms with Gasteiger partial charge in [-0.25, -0.2) is 0 Å². The maximum atomic E-state index is 12.9. The molecule has 2 aliphatic heterocycles. The van der Waals surface area contributed by atoms with Crippen molar-refractivity contribution in [1.82, 2.24) is 25.8 Å². The lowest BCUT2D eigenvalue weighted by Gasteiger charge is -2.20. The molecule has 18 heteroatoms. The number of carbonyl (C=O) groups excluding carboxylic acids is 7. The van der Waals surface area contributed by atoms with Crippen molar-refractivity contribution in [2.45, 2.75) is 44.6 Å². The van der Waals surface area contributed by atoms with Crippen LogP contribution in [0.2, 0.25) is 0 Å². The first-order valence-electron chi connectivity index (χ1n) is 16.0. The molecule has 18 nitrogen and oxygen atoms in total. The number of hydrogen-bond donors (Lipinski definition) is 4. The number of aliphatic carboxylic acids is 1. The number of nitrogens with one attached hydrogen (secondary N) is 3. The Morgan fingerprint density at radius 1 is 0.592 bits per heavy atom. The molecule has 2 rings (SSSR count). The normalized spacial score (nSPS) is 14.5. The van der Waals surface area contributed by atoms with Crippen molar-refractivity contribution in [1.29, 1.82) is 0 Å². The largest absolute Gasteiger partial charge is 0.481 e. The van der Waals surface area contributed by atoms with Crippen LogP contribution in [-0.4, -0.2) is 147 Å². The van der Waals surface area contributed by atoms with Gasteiger partial charge in [-0.1, -0.05) is 0 Å². The molecule has 2 aliphatic rings. The third-order valence-electron chi connectivity index (χ3n) is 6.94. The summed E-state index contributed by atoms with van der Waals surface area (Å²) in [6.45, 7) is 2.42. The van der Waals surface area contributed by atoms with Gasteiger partial charge >= 0.3 is 5.97 Å². The van der Waals surface area contributed by atoms with E-state index in [0.29, 0.717) is 39.3 Å². The topological polar surface area (TPSA) is 236 Å². The molecule has 272 valence electrons. The standard InChI is InChI=1S/C31H45N5O13/c37-24(8-13-35-26(39)4-5-27(35)40)32-11-2-1-3-23(34-25(38)9-14-36-28(41)6-7-29(36)42)31(45)33-12-16-47-18-20-49-22-21-48-19-17-46-15-10-30(43)44/h4-7,23H,1-3,8-22H2,(H,32,37)(H,33,45)(H,34,38)(H,43,44). The Morgan fingerprint density at radius 2 is 1.06 bits per heavy atom. The summed E-state index contributed by atoms with van der Waals surface area (Å²) in [6.07, 6.45) is 5.40. The Balaban J connectivity index is 1.63. The van der Waals surface area contributed by atoms with E-state index in [9.17, 15) is 38.4 Å². The molecule has 0 aromatic carbocycles. The summed E-state index contributed by atoms with van der Waals surface area (Å²) in [6, 6.07) is -0.920. The second-order valence-corrected chi connectivity index (χ2v) is 10.7. The Bertz CT molecular complexity index is 1190. The van der Waals surface area contributed by atoms with Crippen LogP contribution in [0.1, 0.15) is 38.5 Å². The van der Waals surface area contributed by atoms with E-state index in [1.54, 1.807) is 0 Å². The second kappa shape index (κ2) is 23.7. The van der Waals surface area contributed by atoms with E-state index in [0.717, 1.165) is 34.1 Å². The smallest absolute Gasteiger partial charge is 0.305 e. The molecule has 7 amide bonds. The van der Waals surface area contributed by atoms with Crippen LogP contribution in [0.5, 0.6) is 0 Å². The van der Waals surface area contributed by atoms with Gasteiger partial charge < -0.3 is 40.0 Å². The van der Waals surface area contributed by atoms with Crippen LogP contribution in [0.15, 0.2) is 24.3 Å². The van der Waals surface area contributed by atoms with Gasteiger partial charge in [0.05, 0.1) is 59.3 Å². The van der Waals surface area contributed by atoms with E-state index in [2.05, 4.69) is 16.0 Å². The summed E-state index contributed by atoms with van der Waals surface area (Å²) in [4.78, 5) is 96.6. The number of imide groups is 2. The SMILES string of the molecule is O=C(O)CCOCCOCCOCCOCCNC(=O)C(CCCCNC(=O)CCN1C(=O)C=CC1=O)NC(=O)CCN1C(=O)C=CC1=O. The van der Waals surface area contributed by atoms with Crippen molar-refractivity contribution < 1.29 is 62.4 Å². The zero-order valence-corrected chi connectivity index (χ0v) is 27.4. The summed E-state index contributed by atoms with van der Waals surface area (Å²) in [5, 5.41) is 16.6. The number of hydrogen-bond acceptors (Lipinski definition) is 12. The van der Waals surface area contributed by atoms with Crippen molar-refractivity contribution in [2.24, 2.45) is 0 Å². The van der Waals surface area contributed by atoms with Crippen molar-refractivity contribution in [2.75, 3.05) is 79.0 Å². The first-order valence-corrected chi connectivity index (χ1v) is 16.0. The van der Waals surface area contributed by atoms with E-state index in [1.165, 1.54) is 0 Å². The van der Waals surface area contributed by atoms with Crippen molar-refractivity contribution in [3.63, 3.8) is 0 Å². The number of unbranched alkanes of at least 4 members (excludes halogenated alkanes) is 1. The minimum absolute atomic E-state index is 0.0305. The lowest BCUT2D eigenvalue weighted by atomic mass is 10.1. The molecule has 0 saturated carbocycles. The van der Waals surface area contributed by atoms with Gasteiger partial charge in [0.1, 0.15) is 6.04 Å². The Labute approximate surface area is 283 Å². The average Bonchev–Trinajstić information content (AvgIpc) is 3.57. The molecule has 1 atom stereocenters. The zero-order chi connectivity index (χ0) is 35.9. The third kappa shape index (κ3) is 17.4. The summed E-state index contributed by atoms with van der Waals surface area (Å²) < 4.78 is 21.3. The van der Waals surface area contributed by atoms with Gasteiger partial charge in [-0.3, -0.25) is 48.2 Å². The molecule has 0 bridgehead atoms. The molecule has 0 aliphatic carbocycles. The van der Waals surface area contributed by atoms with Crippen molar-refractivity contribution >= 4 is 47.3 Å². The molecule has 2 heterocycles. The van der Waals surface area contributed by atoms with Gasteiger partial charge in [-0.2, -0.15) is 0 Å². The van der Waals surface area contributed by atoms with Gasteiger partial charge in [-0.15, -0.1) is 0 Å². The van der Waals surface area contributed by atoms with Crippen LogP contribution in [0.25, 0.3) is 0 Å². The fraction of sp³-hybridized carbons (Fsp3) is 0.613. The number of ether oxygens (including phenoxy) is 4. The molecule has 49 heavy (non-hydrogen) atoms. The molecule has 0 fully saturated rings. The Kier molecular flexibility index (Phi) is 19.7. The third-order valence-corrected chi connectivity index (χ3v) is 6.94. The van der Waals surface area contributed by atoms with Gasteiger partial charge in [-0.05, 0) is 19.3 Å². The summed E-state index contributed by atoms with van der Waals surface area (Å²) >= 11 is 0. The highest BCUT2D eigenvalue weighted by molar-refractivity contribution is 6.13. The minimum atomic E-state index is -0.924. The fourth-order valence-electron chi connectivity index (χ4n) is 4.35. The quantitative estimate of drug-likeness (QED) is 0.0515. The van der Waals surface area contributed by atoms with E-state index in [-0.39, 0.29) is 84.2 Å². The molecule has 0 saturated heterocycles. The first-order chi connectivity index (χ1) is 23.6. The van der Waals surface area contributed by atoms with Gasteiger partial charge in [0.2, 0.25) is 17.7 Å². The fourth-order valence-corrected chi connectivity index (χ4v) is 4.35. The Morgan fingerprint density at radius 3 is 1.57 bits per heavy atom. The highest BCUT2D eigenvalue weighted by Gasteiger charge is 2.26. The van der Waals surface area contributed by atoms with Crippen LogP contribution in [0.4, 0.5) is 0 Å². The Hall–Kier alpha value is -4.52. The molecule has 4 N–H and O–H groups in total. The maximum Gasteiger partial charge on any atom is 0.305 e. The van der Waals surface area contributed by atoms with Gasteiger partial charge in [0.25, 0.3) is 23.6 Å². The number of carboxylic acids is 1. The van der Waals surface area contributed by atoms with Gasteiger partial charge in [0.15, 0.2) is 0 Å². The van der Waals surface area contributed by atoms with E-state index in [4.69, 9.17) is 24.1 Å². The highest BCUT2D eigenvalue weighted by atomic mass is 16.6. The maximum absolute atomic E-state index is 12.9. The second-order valence-electron chi connectivity index (χ2n) is 10.7. The predicted octanol–water partition coefficient (Wildman–Crippen LogP) is -1.95. The number of carbonyl (C=O) groups is 8. The van der Waals surface area contributed by atoms with Crippen LogP contribution < -0.4 is 16.0 Å². The van der Waals surface area contributed by atoms with Crippen LogP contribution in [-0.2, 0) is 57.3 Å². The van der Waals surface area contributed by atoms with Gasteiger partial charge in [0, 0.05) is 63.3 Å². The number of nitrogens with zero attached hydrogens (tertiary/aromatic N) is 2. The number of rotatable bonds is 28. The molecule has 0 aromatic rings. The van der Waals surface area contributed by atoms with E-state index >= 15 is 0 Å². The lowest BCUT2D eigenvalue weighted by Crippen LogP contribution is -2.48. The molecular weight excluding hydrogens is 650 g/mol. The zero-order valence-electron chi connectivity index (χ0n) is 27.4. The summed E-state index contributed by atoms with van der Waals surface area (Å²) in [5.41, 5.74) is 0. The predicted molar refractivity (Wildman–Crippen MR) is 168 cm³/mol. The first kappa shape index (κ1) is 40.7. The monoisotopic (exact) mass is 695 g/mol.